The molecule has 20 heavy (non-hydrogen) atoms. The van der Waals surface area contributed by atoms with Gasteiger partial charge in [0.2, 0.25) is 10.0 Å². The van der Waals surface area contributed by atoms with E-state index in [0.29, 0.717) is 0 Å². The Bertz CT molecular complexity index is 654. The molecular formula is C10H12N2O7S. The number of nitrogens with two attached hydrogens (primary N) is 1. The van der Waals surface area contributed by atoms with Crippen molar-refractivity contribution in [2.75, 3.05) is 6.61 Å². The Kier molecular flexibility index (Phi) is 4.63. The number of nitro groups is 1. The van der Waals surface area contributed by atoms with Crippen molar-refractivity contribution < 1.29 is 28.0 Å². The lowest BCUT2D eigenvalue weighted by Crippen LogP contribution is -2.14. The smallest absolute Gasteiger partial charge is 0.312 e. The molecule has 0 bridgehead atoms. The highest BCUT2D eigenvalue weighted by atomic mass is 32.2. The third-order valence-electron chi connectivity index (χ3n) is 2.33. The van der Waals surface area contributed by atoms with Gasteiger partial charge in [0.15, 0.2) is 5.75 Å². The number of nitrogens with zero attached hydrogens (tertiary/aromatic N) is 1. The predicted octanol–water partition coefficient (Wildman–Crippen LogP) is 0.404. The largest absolute Gasteiger partial charge is 0.486 e. The minimum absolute atomic E-state index is 0.170. The molecule has 0 saturated carbocycles. The minimum atomic E-state index is -4.09. The number of benzene rings is 1. The Morgan fingerprint density at radius 3 is 2.55 bits per heavy atom. The molecule has 0 aliphatic carbocycles. The molecule has 0 aliphatic rings. The first kappa shape index (κ1) is 15.9. The second-order valence-electron chi connectivity index (χ2n) is 3.88. The van der Waals surface area contributed by atoms with Crippen LogP contribution in [0.1, 0.15) is 12.0 Å². The van der Waals surface area contributed by atoms with Crippen LogP contribution in [0.15, 0.2) is 17.0 Å². The van der Waals surface area contributed by atoms with Gasteiger partial charge < -0.3 is 9.84 Å². The summed E-state index contributed by atoms with van der Waals surface area (Å²) in [5.41, 5.74) is -0.423. The molecule has 0 heterocycles. The van der Waals surface area contributed by atoms with Crippen LogP contribution in [0.2, 0.25) is 0 Å². The zero-order valence-corrected chi connectivity index (χ0v) is 11.2. The maximum Gasteiger partial charge on any atom is 0.312 e. The summed E-state index contributed by atoms with van der Waals surface area (Å²) >= 11 is 0. The number of nitro benzene ring substituents is 1. The van der Waals surface area contributed by atoms with E-state index in [2.05, 4.69) is 0 Å². The molecule has 0 saturated heterocycles. The van der Waals surface area contributed by atoms with Crippen molar-refractivity contribution in [2.45, 2.75) is 18.2 Å². The van der Waals surface area contributed by atoms with Crippen LogP contribution in [0.4, 0.5) is 5.69 Å². The lowest BCUT2D eigenvalue weighted by Gasteiger charge is -2.09. The number of carboxylic acid groups (broad SMARTS) is 1. The number of primary sulfonamides is 1. The Balaban J connectivity index is 3.22. The van der Waals surface area contributed by atoms with E-state index in [0.717, 1.165) is 12.1 Å². The number of ether oxygens (including phenoxy) is 1. The number of sulfonamides is 1. The average molecular weight is 304 g/mol. The number of hydrogen-bond acceptors (Lipinski definition) is 6. The molecule has 0 fully saturated rings. The van der Waals surface area contributed by atoms with Crippen molar-refractivity contribution in [1.29, 1.82) is 0 Å². The second kappa shape index (κ2) is 5.84. The van der Waals surface area contributed by atoms with Gasteiger partial charge >= 0.3 is 11.7 Å². The molecular weight excluding hydrogens is 292 g/mol. The topological polar surface area (TPSA) is 150 Å². The van der Waals surface area contributed by atoms with Gasteiger partial charge in [-0.2, -0.15) is 0 Å². The summed E-state index contributed by atoms with van der Waals surface area (Å²) in [5.74, 6) is -1.33. The van der Waals surface area contributed by atoms with E-state index in [4.69, 9.17) is 15.0 Å². The number of hydrogen-bond donors (Lipinski definition) is 2. The molecule has 0 aromatic heterocycles. The first-order valence-corrected chi connectivity index (χ1v) is 6.84. The first-order chi connectivity index (χ1) is 9.12. The highest BCUT2D eigenvalue weighted by Crippen LogP contribution is 2.32. The number of aliphatic carboxylic acids is 1. The van der Waals surface area contributed by atoms with Gasteiger partial charge in [-0.25, -0.2) is 13.6 Å². The van der Waals surface area contributed by atoms with Crippen molar-refractivity contribution in [3.05, 3.63) is 27.8 Å². The molecule has 0 spiro atoms. The van der Waals surface area contributed by atoms with Gasteiger partial charge in [0.25, 0.3) is 0 Å². The molecule has 3 N–H and O–H groups in total. The summed E-state index contributed by atoms with van der Waals surface area (Å²) in [6.07, 6.45) is -0.340. The van der Waals surface area contributed by atoms with Crippen LogP contribution in [0.5, 0.6) is 5.75 Å². The van der Waals surface area contributed by atoms with E-state index >= 15 is 0 Å². The fourth-order valence-corrected chi connectivity index (χ4v) is 2.25. The molecule has 10 heteroatoms. The van der Waals surface area contributed by atoms with Crippen molar-refractivity contribution in [3.63, 3.8) is 0 Å². The van der Waals surface area contributed by atoms with Gasteiger partial charge in [-0.3, -0.25) is 14.9 Å². The Morgan fingerprint density at radius 1 is 1.50 bits per heavy atom. The highest BCUT2D eigenvalue weighted by molar-refractivity contribution is 7.89. The van der Waals surface area contributed by atoms with E-state index in [9.17, 15) is 23.3 Å². The standard InChI is InChI=1S/C10H12N2O7S/c1-6-4-8(19-3-2-10(13)14)7(12(15)16)5-9(6)20(11,17)18/h4-5H,2-3H2,1H3,(H,13,14)(H2,11,17,18). The van der Waals surface area contributed by atoms with E-state index in [-0.39, 0.29) is 29.2 Å². The lowest BCUT2D eigenvalue weighted by atomic mass is 10.2. The van der Waals surface area contributed by atoms with Gasteiger partial charge in [0.05, 0.1) is 22.8 Å². The Hall–Kier alpha value is -2.20. The van der Waals surface area contributed by atoms with Gasteiger partial charge in [0.1, 0.15) is 0 Å². The summed E-state index contributed by atoms with van der Waals surface area (Å²) in [4.78, 5) is 20.0. The van der Waals surface area contributed by atoms with Gasteiger partial charge in [-0.15, -0.1) is 0 Å². The van der Waals surface area contributed by atoms with Crippen molar-refractivity contribution in [3.8, 4) is 5.75 Å². The zero-order valence-electron chi connectivity index (χ0n) is 10.4. The van der Waals surface area contributed by atoms with Gasteiger partial charge in [-0.05, 0) is 18.6 Å². The number of rotatable bonds is 6. The van der Waals surface area contributed by atoms with Crippen molar-refractivity contribution >= 4 is 21.7 Å². The number of carboxylic acids is 1. The summed E-state index contributed by atoms with van der Waals surface area (Å²) in [6, 6.07) is 1.93. The van der Waals surface area contributed by atoms with Crippen LogP contribution < -0.4 is 9.88 Å². The van der Waals surface area contributed by atoms with E-state index in [1.54, 1.807) is 0 Å². The molecule has 0 amide bonds. The van der Waals surface area contributed by atoms with Crippen LogP contribution >= 0.6 is 0 Å². The summed E-state index contributed by atoms with van der Waals surface area (Å²) in [5, 5.41) is 24.3. The van der Waals surface area contributed by atoms with Crippen LogP contribution in [0, 0.1) is 17.0 Å². The fourth-order valence-electron chi connectivity index (χ4n) is 1.46. The second-order valence-corrected chi connectivity index (χ2v) is 5.41. The van der Waals surface area contributed by atoms with E-state index in [1.165, 1.54) is 6.92 Å². The number of aryl methyl sites for hydroxylation is 1. The van der Waals surface area contributed by atoms with Gasteiger partial charge in [0, 0.05) is 6.07 Å². The first-order valence-electron chi connectivity index (χ1n) is 5.29. The molecule has 0 aliphatic heterocycles. The van der Waals surface area contributed by atoms with Crippen molar-refractivity contribution in [1.82, 2.24) is 0 Å². The normalized spacial score (nSPS) is 11.1. The van der Waals surface area contributed by atoms with E-state index in [1.807, 2.05) is 0 Å². The Morgan fingerprint density at radius 2 is 2.10 bits per heavy atom. The summed E-state index contributed by atoms with van der Waals surface area (Å²) in [7, 11) is -4.09. The molecule has 1 rings (SSSR count). The van der Waals surface area contributed by atoms with E-state index < -0.39 is 26.6 Å². The fraction of sp³-hybridized carbons (Fsp3) is 0.300. The third kappa shape index (κ3) is 3.90. The van der Waals surface area contributed by atoms with Crippen LogP contribution in [-0.2, 0) is 14.8 Å². The lowest BCUT2D eigenvalue weighted by molar-refractivity contribution is -0.386. The Labute approximate surface area is 114 Å². The molecule has 1 aromatic carbocycles. The van der Waals surface area contributed by atoms with Crippen LogP contribution in [0.3, 0.4) is 0 Å². The summed E-state index contributed by atoms with van der Waals surface area (Å²) in [6.45, 7) is 1.12. The maximum absolute atomic E-state index is 11.3. The number of carbonyl (C=O) groups is 1. The molecule has 0 radical (unpaired) electrons. The van der Waals surface area contributed by atoms with Gasteiger partial charge in [-0.1, -0.05) is 0 Å². The van der Waals surface area contributed by atoms with Crippen LogP contribution in [-0.4, -0.2) is 31.0 Å². The van der Waals surface area contributed by atoms with Crippen molar-refractivity contribution in [2.24, 2.45) is 5.14 Å². The molecule has 0 unspecified atom stereocenters. The highest BCUT2D eigenvalue weighted by Gasteiger charge is 2.23. The molecule has 110 valence electrons. The predicted molar refractivity (Wildman–Crippen MR) is 67.0 cm³/mol. The average Bonchev–Trinajstić information content (AvgIpc) is 2.26. The molecule has 0 atom stereocenters. The maximum atomic E-state index is 11.3. The zero-order chi connectivity index (χ0) is 15.5. The summed E-state index contributed by atoms with van der Waals surface area (Å²) < 4.78 is 27.6. The molecule has 1 aromatic rings. The quantitative estimate of drug-likeness (QED) is 0.570. The SMILES string of the molecule is Cc1cc(OCCC(=O)O)c([N+](=O)[O-])cc1S(N)(=O)=O. The minimum Gasteiger partial charge on any atom is -0.486 e. The molecule has 9 nitrogen and oxygen atoms in total. The monoisotopic (exact) mass is 304 g/mol. The van der Waals surface area contributed by atoms with Crippen LogP contribution in [0.25, 0.3) is 0 Å². The third-order valence-corrected chi connectivity index (χ3v) is 3.39.